The molecule has 2 amide bonds. The van der Waals surface area contributed by atoms with E-state index in [0.29, 0.717) is 30.6 Å². The first-order valence-electron chi connectivity index (χ1n) is 13.5. The van der Waals surface area contributed by atoms with Crippen LogP contribution in [0.4, 0.5) is 13.2 Å². The van der Waals surface area contributed by atoms with Gasteiger partial charge in [0.25, 0.3) is 0 Å². The molecule has 0 aromatic heterocycles. The molecular weight excluding hydrogens is 465 g/mol. The number of aryl methyl sites for hydroxylation is 1. The largest absolute Gasteiger partial charge is 0.415 e. The van der Waals surface area contributed by atoms with Crippen molar-refractivity contribution in [1.29, 1.82) is 0 Å². The zero-order valence-electron chi connectivity index (χ0n) is 21.8. The summed E-state index contributed by atoms with van der Waals surface area (Å²) in [5.74, 6) is 0.541. The van der Waals surface area contributed by atoms with Crippen LogP contribution in [0.5, 0.6) is 0 Å². The van der Waals surface area contributed by atoms with Crippen LogP contribution in [0.1, 0.15) is 83.3 Å². The van der Waals surface area contributed by atoms with Crippen molar-refractivity contribution in [2.45, 2.75) is 96.8 Å². The molecule has 3 saturated carbocycles. The first-order chi connectivity index (χ1) is 16.8. The molecule has 1 aliphatic heterocycles. The van der Waals surface area contributed by atoms with Crippen molar-refractivity contribution in [3.05, 3.63) is 35.4 Å². The minimum atomic E-state index is -4.62. The predicted octanol–water partition coefficient (Wildman–Crippen LogP) is 6.03. The van der Waals surface area contributed by atoms with Crippen LogP contribution >= 0.6 is 0 Å². The van der Waals surface area contributed by atoms with Gasteiger partial charge in [-0.05, 0) is 92.9 Å². The maximum atomic E-state index is 14.4. The Bertz CT molecular complexity index is 1040. The fourth-order valence-corrected chi connectivity index (χ4v) is 8.66. The van der Waals surface area contributed by atoms with Crippen LogP contribution in [-0.2, 0) is 15.1 Å². The third-order valence-corrected chi connectivity index (χ3v) is 11.0. The van der Waals surface area contributed by atoms with E-state index < -0.39 is 23.5 Å². The fourth-order valence-electron chi connectivity index (χ4n) is 8.66. The summed E-state index contributed by atoms with van der Waals surface area (Å²) in [5.41, 5.74) is -1.73. The first kappa shape index (κ1) is 25.6. The van der Waals surface area contributed by atoms with E-state index in [4.69, 9.17) is 0 Å². The second kappa shape index (κ2) is 8.49. The van der Waals surface area contributed by atoms with Gasteiger partial charge in [-0.3, -0.25) is 9.59 Å². The zero-order chi connectivity index (χ0) is 26.1. The molecule has 36 heavy (non-hydrogen) atoms. The number of carbonyl (C=O) groups excluding carboxylic acids is 2. The molecule has 5 rings (SSSR count). The molecule has 3 aliphatic carbocycles. The number of hydrogen-bond acceptors (Lipinski definition) is 2. The number of nitrogens with one attached hydrogen (secondary N) is 2. The lowest BCUT2D eigenvalue weighted by molar-refractivity contribution is -0.199. The summed E-state index contributed by atoms with van der Waals surface area (Å²) in [5, 5.41) is 5.72. The number of halogens is 3. The number of carbonyl (C=O) groups is 2. The molecule has 1 aromatic carbocycles. The van der Waals surface area contributed by atoms with E-state index in [9.17, 15) is 22.8 Å². The SMILES string of the molecule is Cc1ccc(C(C)(NC(=O)C2CC[C@H]3[C@@H]4CCC5NC(=O)CC[C@]5(C)[C@@H]4CC[C@]23C)C(F)(F)F)cc1. The van der Waals surface area contributed by atoms with Crippen molar-refractivity contribution in [2.24, 2.45) is 34.5 Å². The minimum Gasteiger partial charge on any atom is -0.353 e. The molecule has 4 nitrogen and oxygen atoms in total. The van der Waals surface area contributed by atoms with Gasteiger partial charge in [-0.1, -0.05) is 43.7 Å². The van der Waals surface area contributed by atoms with Gasteiger partial charge in [0.15, 0.2) is 5.54 Å². The van der Waals surface area contributed by atoms with Crippen LogP contribution in [0, 0.1) is 41.4 Å². The van der Waals surface area contributed by atoms with E-state index in [-0.39, 0.29) is 28.3 Å². The van der Waals surface area contributed by atoms with Crippen molar-refractivity contribution in [2.75, 3.05) is 0 Å². The second-order valence-corrected chi connectivity index (χ2v) is 12.7. The summed E-state index contributed by atoms with van der Waals surface area (Å²) in [6.45, 7) is 7.39. The van der Waals surface area contributed by atoms with E-state index in [1.54, 1.807) is 12.1 Å². The lowest BCUT2D eigenvalue weighted by Gasteiger charge is -2.60. The predicted molar refractivity (Wildman–Crippen MR) is 132 cm³/mol. The third-order valence-electron chi connectivity index (χ3n) is 11.0. The van der Waals surface area contributed by atoms with Gasteiger partial charge in [-0.25, -0.2) is 0 Å². The Morgan fingerprint density at radius 1 is 0.972 bits per heavy atom. The topological polar surface area (TPSA) is 58.2 Å². The van der Waals surface area contributed by atoms with Crippen LogP contribution in [0.15, 0.2) is 24.3 Å². The van der Waals surface area contributed by atoms with E-state index in [2.05, 4.69) is 24.5 Å². The number of rotatable bonds is 3. The molecule has 8 atom stereocenters. The van der Waals surface area contributed by atoms with Gasteiger partial charge < -0.3 is 10.6 Å². The highest BCUT2D eigenvalue weighted by Gasteiger charge is 2.62. The Balaban J connectivity index is 1.38. The molecule has 2 N–H and O–H groups in total. The Morgan fingerprint density at radius 2 is 1.64 bits per heavy atom. The van der Waals surface area contributed by atoms with E-state index in [1.165, 1.54) is 12.1 Å². The van der Waals surface area contributed by atoms with E-state index in [1.807, 2.05) is 6.92 Å². The molecule has 4 aliphatic rings. The van der Waals surface area contributed by atoms with Gasteiger partial charge >= 0.3 is 6.18 Å². The van der Waals surface area contributed by atoms with Crippen LogP contribution in [0.3, 0.4) is 0 Å². The standard InChI is InChI=1S/C29H39F3N2O2/c1-17-5-7-18(8-6-17)28(4,29(30,31)32)34-25(36)22-11-10-20-19-9-12-23-27(3,16-14-24(35)33-23)21(19)13-15-26(20,22)2/h5-8,19-23H,9-16H2,1-4H3,(H,33,35)(H,34,36)/t19-,20-,21+,22?,23?,26-,27+,28?/m0/s1. The maximum Gasteiger partial charge on any atom is 0.415 e. The average molecular weight is 505 g/mol. The van der Waals surface area contributed by atoms with Crippen molar-refractivity contribution in [1.82, 2.24) is 10.6 Å². The maximum absolute atomic E-state index is 14.4. The van der Waals surface area contributed by atoms with Crippen molar-refractivity contribution < 1.29 is 22.8 Å². The molecule has 7 heteroatoms. The van der Waals surface area contributed by atoms with Crippen LogP contribution in [-0.4, -0.2) is 24.0 Å². The highest BCUT2D eigenvalue weighted by Crippen LogP contribution is 2.65. The molecule has 0 radical (unpaired) electrons. The van der Waals surface area contributed by atoms with Crippen molar-refractivity contribution in [3.8, 4) is 0 Å². The molecule has 1 heterocycles. The number of benzene rings is 1. The van der Waals surface area contributed by atoms with Crippen LogP contribution in [0.25, 0.3) is 0 Å². The second-order valence-electron chi connectivity index (χ2n) is 12.7. The van der Waals surface area contributed by atoms with Crippen molar-refractivity contribution >= 4 is 11.8 Å². The molecule has 3 unspecified atom stereocenters. The zero-order valence-corrected chi connectivity index (χ0v) is 21.8. The summed E-state index contributed by atoms with van der Waals surface area (Å²) in [6.07, 6.45) is 2.16. The monoisotopic (exact) mass is 504 g/mol. The first-order valence-corrected chi connectivity index (χ1v) is 13.5. The van der Waals surface area contributed by atoms with Crippen LogP contribution < -0.4 is 10.6 Å². The molecule has 1 saturated heterocycles. The van der Waals surface area contributed by atoms with Gasteiger partial charge in [0.1, 0.15) is 0 Å². The summed E-state index contributed by atoms with van der Waals surface area (Å²) in [4.78, 5) is 25.7. The molecule has 4 fully saturated rings. The molecule has 0 bridgehead atoms. The lowest BCUT2D eigenvalue weighted by Crippen LogP contribution is -2.61. The third kappa shape index (κ3) is 3.78. The molecule has 198 valence electrons. The van der Waals surface area contributed by atoms with Gasteiger partial charge in [-0.15, -0.1) is 0 Å². The fraction of sp³-hybridized carbons (Fsp3) is 0.724. The number of alkyl halides is 3. The van der Waals surface area contributed by atoms with Crippen LogP contribution in [0.2, 0.25) is 0 Å². The lowest BCUT2D eigenvalue weighted by atomic mass is 9.47. The molecule has 1 aromatic rings. The highest BCUT2D eigenvalue weighted by atomic mass is 19.4. The van der Waals surface area contributed by atoms with Gasteiger partial charge in [0.05, 0.1) is 0 Å². The molecular formula is C29H39F3N2O2. The molecule has 0 spiro atoms. The highest BCUT2D eigenvalue weighted by molar-refractivity contribution is 5.81. The quantitative estimate of drug-likeness (QED) is 0.528. The summed E-state index contributed by atoms with van der Waals surface area (Å²) >= 11 is 0. The number of hydrogen-bond donors (Lipinski definition) is 2. The Hall–Kier alpha value is -2.05. The Kier molecular flexibility index (Phi) is 6.03. The number of piperidine rings is 1. The van der Waals surface area contributed by atoms with Gasteiger partial charge in [0, 0.05) is 18.4 Å². The average Bonchev–Trinajstić information content (AvgIpc) is 3.16. The Labute approximate surface area is 212 Å². The van der Waals surface area contributed by atoms with Gasteiger partial charge in [0.2, 0.25) is 11.8 Å². The number of amides is 2. The van der Waals surface area contributed by atoms with Gasteiger partial charge in [-0.2, -0.15) is 13.2 Å². The summed E-state index contributed by atoms with van der Waals surface area (Å²) < 4.78 is 43.1. The van der Waals surface area contributed by atoms with E-state index >= 15 is 0 Å². The van der Waals surface area contributed by atoms with E-state index in [0.717, 1.165) is 51.0 Å². The Morgan fingerprint density at radius 3 is 2.31 bits per heavy atom. The minimum absolute atomic E-state index is 0.0583. The summed E-state index contributed by atoms with van der Waals surface area (Å²) in [6, 6.07) is 6.46. The van der Waals surface area contributed by atoms with Crippen molar-refractivity contribution in [3.63, 3.8) is 0 Å². The number of fused-ring (bicyclic) bond motifs is 5. The smallest absolute Gasteiger partial charge is 0.353 e. The summed E-state index contributed by atoms with van der Waals surface area (Å²) in [7, 11) is 0. The normalized spacial score (nSPS) is 39.8.